The van der Waals surface area contributed by atoms with E-state index in [9.17, 15) is 9.59 Å². The van der Waals surface area contributed by atoms with Crippen molar-refractivity contribution in [2.75, 3.05) is 26.2 Å². The zero-order valence-electron chi connectivity index (χ0n) is 14.4. The Morgan fingerprint density at radius 3 is 2.96 bits per heavy atom. The van der Waals surface area contributed by atoms with Gasteiger partial charge in [-0.25, -0.2) is 0 Å². The van der Waals surface area contributed by atoms with E-state index >= 15 is 0 Å². The van der Waals surface area contributed by atoms with Crippen LogP contribution in [0.5, 0.6) is 0 Å². The molecular weight excluding hydrogens is 326 g/mol. The lowest BCUT2D eigenvalue weighted by molar-refractivity contribution is -0.140. The second-order valence-electron chi connectivity index (χ2n) is 6.32. The molecular formula is C17H27N3O3S. The number of nitrogens with zero attached hydrogens (tertiary/aromatic N) is 2. The van der Waals surface area contributed by atoms with E-state index in [2.05, 4.69) is 16.3 Å². The lowest BCUT2D eigenvalue weighted by Crippen LogP contribution is -2.56. The number of thiophene rings is 1. The van der Waals surface area contributed by atoms with Crippen molar-refractivity contribution in [2.24, 2.45) is 0 Å². The molecule has 1 fully saturated rings. The van der Waals surface area contributed by atoms with Crippen LogP contribution in [-0.2, 0) is 16.1 Å². The van der Waals surface area contributed by atoms with Gasteiger partial charge in [-0.15, -0.1) is 11.3 Å². The SMILES string of the molecule is CC(C)N(CCCO)C(=O)C[C@H]1C(=O)NCCN1Cc1cccs1. The Balaban J connectivity index is 2.04. The van der Waals surface area contributed by atoms with E-state index in [0.717, 1.165) is 6.54 Å². The molecule has 0 spiro atoms. The first-order chi connectivity index (χ1) is 11.5. The fourth-order valence-corrected chi connectivity index (χ4v) is 3.70. The lowest BCUT2D eigenvalue weighted by atomic mass is 10.1. The molecule has 0 radical (unpaired) electrons. The molecule has 0 bridgehead atoms. The van der Waals surface area contributed by atoms with Crippen molar-refractivity contribution in [3.63, 3.8) is 0 Å². The van der Waals surface area contributed by atoms with Gasteiger partial charge in [0.2, 0.25) is 11.8 Å². The molecule has 7 heteroatoms. The molecule has 2 heterocycles. The van der Waals surface area contributed by atoms with Gasteiger partial charge in [0.05, 0.1) is 12.5 Å². The molecule has 1 atom stereocenters. The van der Waals surface area contributed by atoms with Gasteiger partial charge in [0, 0.05) is 43.7 Å². The van der Waals surface area contributed by atoms with Gasteiger partial charge in [-0.2, -0.15) is 0 Å². The van der Waals surface area contributed by atoms with Crippen LogP contribution in [0.1, 0.15) is 31.6 Å². The molecule has 24 heavy (non-hydrogen) atoms. The first-order valence-corrected chi connectivity index (χ1v) is 9.35. The minimum atomic E-state index is -0.427. The van der Waals surface area contributed by atoms with E-state index < -0.39 is 6.04 Å². The number of aliphatic hydroxyl groups excluding tert-OH is 1. The van der Waals surface area contributed by atoms with Crippen LogP contribution < -0.4 is 5.32 Å². The highest BCUT2D eigenvalue weighted by molar-refractivity contribution is 7.09. The fraction of sp³-hybridized carbons (Fsp3) is 0.647. The van der Waals surface area contributed by atoms with Crippen LogP contribution >= 0.6 is 11.3 Å². The first-order valence-electron chi connectivity index (χ1n) is 8.47. The maximum absolute atomic E-state index is 12.7. The van der Waals surface area contributed by atoms with Crippen molar-refractivity contribution in [1.29, 1.82) is 0 Å². The standard InChI is InChI=1S/C17H27N3O3S/c1-13(2)20(7-4-9-21)16(22)11-15-17(23)18-6-8-19(15)12-14-5-3-10-24-14/h3,5,10,13,15,21H,4,6-9,11-12H2,1-2H3,(H,18,23)/t15-/m0/s1. The molecule has 2 rings (SSSR count). The van der Waals surface area contributed by atoms with E-state index in [1.54, 1.807) is 16.2 Å². The van der Waals surface area contributed by atoms with Crippen molar-refractivity contribution in [3.8, 4) is 0 Å². The van der Waals surface area contributed by atoms with Gasteiger partial charge in [-0.1, -0.05) is 6.07 Å². The van der Waals surface area contributed by atoms with E-state index in [0.29, 0.717) is 26.1 Å². The molecule has 1 aliphatic heterocycles. The number of amides is 2. The number of hydrogen-bond acceptors (Lipinski definition) is 5. The van der Waals surface area contributed by atoms with Gasteiger partial charge in [0.1, 0.15) is 0 Å². The summed E-state index contributed by atoms with van der Waals surface area (Å²) in [5, 5.41) is 13.9. The Kier molecular flexibility index (Phi) is 7.20. The average Bonchev–Trinajstić information content (AvgIpc) is 3.04. The number of nitrogens with one attached hydrogen (secondary N) is 1. The highest BCUT2D eigenvalue weighted by atomic mass is 32.1. The molecule has 1 aromatic rings. The molecule has 2 amide bonds. The van der Waals surface area contributed by atoms with Gasteiger partial charge in [0.15, 0.2) is 0 Å². The molecule has 1 saturated heterocycles. The highest BCUT2D eigenvalue weighted by Crippen LogP contribution is 2.18. The molecule has 1 aliphatic rings. The maximum Gasteiger partial charge on any atom is 0.237 e. The Labute approximate surface area is 147 Å². The van der Waals surface area contributed by atoms with Crippen molar-refractivity contribution in [3.05, 3.63) is 22.4 Å². The maximum atomic E-state index is 12.7. The van der Waals surface area contributed by atoms with E-state index in [1.807, 2.05) is 25.3 Å². The third-order valence-electron chi connectivity index (χ3n) is 4.25. The molecule has 0 aromatic carbocycles. The van der Waals surface area contributed by atoms with Gasteiger partial charge in [0.25, 0.3) is 0 Å². The lowest BCUT2D eigenvalue weighted by Gasteiger charge is -2.36. The molecule has 6 nitrogen and oxygen atoms in total. The number of carbonyl (C=O) groups excluding carboxylic acids is 2. The van der Waals surface area contributed by atoms with Crippen LogP contribution in [0.15, 0.2) is 17.5 Å². The van der Waals surface area contributed by atoms with Crippen molar-refractivity contribution >= 4 is 23.2 Å². The van der Waals surface area contributed by atoms with Crippen molar-refractivity contribution < 1.29 is 14.7 Å². The summed E-state index contributed by atoms with van der Waals surface area (Å²) >= 11 is 1.66. The number of hydrogen-bond donors (Lipinski definition) is 2. The third-order valence-corrected chi connectivity index (χ3v) is 5.11. The predicted octanol–water partition coefficient (Wildman–Crippen LogP) is 1.06. The first kappa shape index (κ1) is 18.9. The number of aliphatic hydroxyl groups is 1. The molecule has 0 saturated carbocycles. The molecule has 2 N–H and O–H groups in total. The highest BCUT2D eigenvalue weighted by Gasteiger charge is 2.33. The number of piperazine rings is 1. The smallest absolute Gasteiger partial charge is 0.237 e. The van der Waals surface area contributed by atoms with Crippen LogP contribution in [-0.4, -0.2) is 65.0 Å². The quantitative estimate of drug-likeness (QED) is 0.733. The minimum absolute atomic E-state index is 0.0309. The summed E-state index contributed by atoms with van der Waals surface area (Å²) in [7, 11) is 0. The van der Waals surface area contributed by atoms with Crippen LogP contribution in [0, 0.1) is 0 Å². The summed E-state index contributed by atoms with van der Waals surface area (Å²) in [6.07, 6.45) is 0.737. The molecule has 0 unspecified atom stereocenters. The Hall–Kier alpha value is -1.44. The van der Waals surface area contributed by atoms with Gasteiger partial charge < -0.3 is 15.3 Å². The zero-order chi connectivity index (χ0) is 17.5. The average molecular weight is 353 g/mol. The van der Waals surface area contributed by atoms with Crippen LogP contribution in [0.4, 0.5) is 0 Å². The summed E-state index contributed by atoms with van der Waals surface area (Å²) in [4.78, 5) is 30.0. The predicted molar refractivity (Wildman–Crippen MR) is 94.7 cm³/mol. The van der Waals surface area contributed by atoms with Crippen LogP contribution in [0.25, 0.3) is 0 Å². The topological polar surface area (TPSA) is 72.9 Å². The van der Waals surface area contributed by atoms with Gasteiger partial charge in [-0.05, 0) is 31.7 Å². The van der Waals surface area contributed by atoms with Gasteiger partial charge in [-0.3, -0.25) is 14.5 Å². The molecule has 0 aliphatic carbocycles. The fourth-order valence-electron chi connectivity index (χ4n) is 2.97. The number of carbonyl (C=O) groups is 2. The summed E-state index contributed by atoms with van der Waals surface area (Å²) in [5.41, 5.74) is 0. The van der Waals surface area contributed by atoms with Crippen LogP contribution in [0.2, 0.25) is 0 Å². The Morgan fingerprint density at radius 1 is 1.54 bits per heavy atom. The Bertz CT molecular complexity index is 533. The van der Waals surface area contributed by atoms with Gasteiger partial charge >= 0.3 is 0 Å². The largest absolute Gasteiger partial charge is 0.396 e. The summed E-state index contributed by atoms with van der Waals surface area (Å²) in [5.74, 6) is -0.103. The Morgan fingerprint density at radius 2 is 2.33 bits per heavy atom. The summed E-state index contributed by atoms with van der Waals surface area (Å²) in [6.45, 7) is 6.56. The van der Waals surface area contributed by atoms with Crippen LogP contribution in [0.3, 0.4) is 0 Å². The third kappa shape index (κ3) is 5.03. The molecule has 1 aromatic heterocycles. The minimum Gasteiger partial charge on any atom is -0.396 e. The van der Waals surface area contributed by atoms with E-state index in [1.165, 1.54) is 4.88 Å². The number of rotatable bonds is 8. The normalized spacial score (nSPS) is 18.7. The van der Waals surface area contributed by atoms with E-state index in [4.69, 9.17) is 5.11 Å². The zero-order valence-corrected chi connectivity index (χ0v) is 15.2. The summed E-state index contributed by atoms with van der Waals surface area (Å²) in [6, 6.07) is 3.68. The summed E-state index contributed by atoms with van der Waals surface area (Å²) < 4.78 is 0. The molecule has 134 valence electrons. The monoisotopic (exact) mass is 353 g/mol. The van der Waals surface area contributed by atoms with E-state index in [-0.39, 0.29) is 30.9 Å². The second kappa shape index (κ2) is 9.15. The van der Waals surface area contributed by atoms with Crippen molar-refractivity contribution in [1.82, 2.24) is 15.1 Å². The second-order valence-corrected chi connectivity index (χ2v) is 7.35. The van der Waals surface area contributed by atoms with Crippen molar-refractivity contribution in [2.45, 2.75) is 45.3 Å².